The monoisotopic (exact) mass is 423 g/mol. The Morgan fingerprint density at radius 2 is 1.91 bits per heavy atom. The van der Waals surface area contributed by atoms with Crippen molar-refractivity contribution in [1.82, 2.24) is 5.32 Å². The molecule has 0 aromatic heterocycles. The second-order valence-electron chi connectivity index (χ2n) is 6.22. The summed E-state index contributed by atoms with van der Waals surface area (Å²) in [7, 11) is 0. The highest BCUT2D eigenvalue weighted by molar-refractivity contribution is 9.10. The van der Waals surface area contributed by atoms with Crippen LogP contribution in [0, 0.1) is 0 Å². The highest BCUT2D eigenvalue weighted by Gasteiger charge is 2.38. The van der Waals surface area contributed by atoms with E-state index in [2.05, 4.69) is 38.3 Å². The summed E-state index contributed by atoms with van der Waals surface area (Å²) in [6, 6.07) is 8.41. The van der Waals surface area contributed by atoms with Crippen LogP contribution in [0.5, 0.6) is 0 Å². The second-order valence-corrected chi connectivity index (χ2v) is 7.07. The molecule has 1 heterocycles. The molecule has 3 rings (SSSR count). The Labute approximate surface area is 158 Å². The molecule has 1 aromatic carbocycles. The molecule has 1 aliphatic carbocycles. The molecule has 0 bridgehead atoms. The average Bonchev–Trinajstić information content (AvgIpc) is 3.09. The maximum atomic E-state index is 12.4. The Balaban J connectivity index is 0.00000132. The summed E-state index contributed by atoms with van der Waals surface area (Å²) < 4.78 is 1.10. The van der Waals surface area contributed by atoms with Gasteiger partial charge in [0.2, 0.25) is 5.91 Å². The van der Waals surface area contributed by atoms with E-state index >= 15 is 0 Å². The summed E-state index contributed by atoms with van der Waals surface area (Å²) in [5, 5.41) is 3.16. The third kappa shape index (κ3) is 4.53. The van der Waals surface area contributed by atoms with Crippen molar-refractivity contribution in [3.63, 3.8) is 0 Å². The van der Waals surface area contributed by atoms with Gasteiger partial charge in [-0.1, -0.05) is 25.0 Å². The molecule has 23 heavy (non-hydrogen) atoms. The standard InChI is InChI=1S/C16H22BrN3O.2ClH/c17-13-5-1-2-6-14(13)20-10-7-12(11-20)19-15(21)16(18)8-3-4-9-16;;/h1-2,5-6,12H,3-4,7-11,18H2,(H,19,21);2*1H. The number of hydrogen-bond donors (Lipinski definition) is 2. The maximum absolute atomic E-state index is 12.4. The Bertz CT molecular complexity index is 538. The fourth-order valence-electron chi connectivity index (χ4n) is 3.37. The van der Waals surface area contributed by atoms with Gasteiger partial charge in [-0.15, -0.1) is 24.8 Å². The first kappa shape index (κ1) is 20.6. The first-order valence-electron chi connectivity index (χ1n) is 7.68. The normalized spacial score (nSPS) is 22.2. The van der Waals surface area contributed by atoms with Crippen LogP contribution in [0.2, 0.25) is 0 Å². The highest BCUT2D eigenvalue weighted by Crippen LogP contribution is 2.30. The largest absolute Gasteiger partial charge is 0.368 e. The third-order valence-electron chi connectivity index (χ3n) is 4.66. The number of nitrogens with two attached hydrogens (primary N) is 1. The van der Waals surface area contributed by atoms with E-state index in [1.807, 2.05) is 12.1 Å². The van der Waals surface area contributed by atoms with Gasteiger partial charge in [0.25, 0.3) is 0 Å². The van der Waals surface area contributed by atoms with Crippen molar-refractivity contribution in [1.29, 1.82) is 0 Å². The minimum atomic E-state index is -0.624. The lowest BCUT2D eigenvalue weighted by Gasteiger charge is -2.25. The smallest absolute Gasteiger partial charge is 0.240 e. The number of anilines is 1. The molecule has 1 unspecified atom stereocenters. The molecule has 1 saturated heterocycles. The van der Waals surface area contributed by atoms with Crippen molar-refractivity contribution < 1.29 is 4.79 Å². The summed E-state index contributed by atoms with van der Waals surface area (Å²) in [6.45, 7) is 1.82. The SMILES string of the molecule is Cl.Cl.NC1(C(=O)NC2CCN(c3ccccc3Br)C2)CCCC1. The van der Waals surface area contributed by atoms with E-state index in [0.29, 0.717) is 0 Å². The molecule has 130 valence electrons. The molecular formula is C16H24BrCl2N3O. The maximum Gasteiger partial charge on any atom is 0.240 e. The van der Waals surface area contributed by atoms with Crippen LogP contribution < -0.4 is 16.0 Å². The summed E-state index contributed by atoms with van der Waals surface area (Å²) in [4.78, 5) is 14.7. The Hall–Kier alpha value is -0.490. The zero-order chi connectivity index (χ0) is 14.9. The fourth-order valence-corrected chi connectivity index (χ4v) is 3.90. The number of nitrogens with one attached hydrogen (secondary N) is 1. The van der Waals surface area contributed by atoms with E-state index in [1.54, 1.807) is 0 Å². The van der Waals surface area contributed by atoms with Gasteiger partial charge < -0.3 is 16.0 Å². The molecule has 1 amide bonds. The van der Waals surface area contributed by atoms with Crippen LogP contribution in [0.3, 0.4) is 0 Å². The zero-order valence-corrected chi connectivity index (χ0v) is 16.2. The molecule has 4 nitrogen and oxygen atoms in total. The van der Waals surface area contributed by atoms with E-state index in [1.165, 1.54) is 5.69 Å². The number of rotatable bonds is 3. The molecule has 7 heteroatoms. The molecule has 2 fully saturated rings. The quantitative estimate of drug-likeness (QED) is 0.782. The van der Waals surface area contributed by atoms with Gasteiger partial charge in [0.15, 0.2) is 0 Å². The molecule has 1 aromatic rings. The predicted octanol–water partition coefficient (Wildman–Crippen LogP) is 3.26. The van der Waals surface area contributed by atoms with E-state index in [0.717, 1.165) is 49.7 Å². The number of nitrogens with zero attached hydrogens (tertiary/aromatic N) is 1. The number of halogens is 3. The van der Waals surface area contributed by atoms with Crippen molar-refractivity contribution in [2.45, 2.75) is 43.7 Å². The minimum Gasteiger partial charge on any atom is -0.368 e. The van der Waals surface area contributed by atoms with Crippen molar-refractivity contribution >= 4 is 52.3 Å². The summed E-state index contributed by atoms with van der Waals surface area (Å²) in [5.74, 6) is 0.0407. The minimum absolute atomic E-state index is 0. The number of benzene rings is 1. The molecule has 2 aliphatic rings. The Kier molecular flexibility index (Phi) is 7.65. The van der Waals surface area contributed by atoms with Crippen molar-refractivity contribution in [3.05, 3.63) is 28.7 Å². The van der Waals surface area contributed by atoms with Gasteiger partial charge in [0, 0.05) is 23.6 Å². The second kappa shape index (κ2) is 8.56. The average molecular weight is 425 g/mol. The van der Waals surface area contributed by atoms with Crippen LogP contribution >= 0.6 is 40.7 Å². The number of amides is 1. The molecule has 0 spiro atoms. The van der Waals surface area contributed by atoms with Gasteiger partial charge in [0.05, 0.1) is 11.2 Å². The van der Waals surface area contributed by atoms with Crippen LogP contribution in [-0.2, 0) is 4.79 Å². The summed E-state index contributed by atoms with van der Waals surface area (Å²) >= 11 is 3.59. The third-order valence-corrected chi connectivity index (χ3v) is 5.34. The summed E-state index contributed by atoms with van der Waals surface area (Å²) in [5.41, 5.74) is 6.79. The van der Waals surface area contributed by atoms with Gasteiger partial charge in [-0.25, -0.2) is 0 Å². The lowest BCUT2D eigenvalue weighted by atomic mass is 9.97. The van der Waals surface area contributed by atoms with Crippen LogP contribution in [0.15, 0.2) is 28.7 Å². The van der Waals surface area contributed by atoms with Gasteiger partial charge >= 0.3 is 0 Å². The first-order chi connectivity index (χ1) is 10.1. The fraction of sp³-hybridized carbons (Fsp3) is 0.562. The molecule has 1 saturated carbocycles. The van der Waals surface area contributed by atoms with Crippen molar-refractivity contribution in [3.8, 4) is 0 Å². The molecular weight excluding hydrogens is 401 g/mol. The van der Waals surface area contributed by atoms with E-state index < -0.39 is 5.54 Å². The molecule has 1 atom stereocenters. The van der Waals surface area contributed by atoms with Crippen molar-refractivity contribution in [2.24, 2.45) is 5.73 Å². The lowest BCUT2D eigenvalue weighted by Crippen LogP contribution is -2.54. The van der Waals surface area contributed by atoms with E-state index in [9.17, 15) is 4.79 Å². The number of hydrogen-bond acceptors (Lipinski definition) is 3. The van der Waals surface area contributed by atoms with Gasteiger partial charge in [-0.3, -0.25) is 4.79 Å². The predicted molar refractivity (Wildman–Crippen MR) is 103 cm³/mol. The first-order valence-corrected chi connectivity index (χ1v) is 8.47. The molecule has 1 aliphatic heterocycles. The van der Waals surface area contributed by atoms with E-state index in [-0.39, 0.29) is 36.8 Å². The van der Waals surface area contributed by atoms with Gasteiger partial charge in [-0.2, -0.15) is 0 Å². The number of carbonyl (C=O) groups excluding carboxylic acids is 1. The van der Waals surface area contributed by atoms with Crippen LogP contribution in [0.1, 0.15) is 32.1 Å². The highest BCUT2D eigenvalue weighted by atomic mass is 79.9. The van der Waals surface area contributed by atoms with Gasteiger partial charge in [-0.05, 0) is 47.3 Å². The van der Waals surface area contributed by atoms with Gasteiger partial charge in [0.1, 0.15) is 0 Å². The van der Waals surface area contributed by atoms with E-state index in [4.69, 9.17) is 5.73 Å². The topological polar surface area (TPSA) is 58.4 Å². The number of para-hydroxylation sites is 1. The van der Waals surface area contributed by atoms with Crippen LogP contribution in [0.4, 0.5) is 5.69 Å². The molecule has 3 N–H and O–H groups in total. The lowest BCUT2D eigenvalue weighted by molar-refractivity contribution is -0.126. The Morgan fingerprint density at radius 3 is 2.57 bits per heavy atom. The van der Waals surface area contributed by atoms with Crippen LogP contribution in [0.25, 0.3) is 0 Å². The summed E-state index contributed by atoms with van der Waals surface area (Å²) in [6.07, 6.45) is 4.75. The van der Waals surface area contributed by atoms with Crippen LogP contribution in [-0.4, -0.2) is 30.6 Å². The Morgan fingerprint density at radius 1 is 1.26 bits per heavy atom. The zero-order valence-electron chi connectivity index (χ0n) is 13.0. The number of carbonyl (C=O) groups is 1. The van der Waals surface area contributed by atoms with Crippen molar-refractivity contribution in [2.75, 3.05) is 18.0 Å². The molecule has 0 radical (unpaired) electrons.